The Kier molecular flexibility index (Phi) is 5.10. The second kappa shape index (κ2) is 6.46. The molecule has 0 spiro atoms. The Labute approximate surface area is 129 Å². The molecule has 0 amide bonds. The Balaban J connectivity index is 1.75. The minimum Gasteiger partial charge on any atom is -0.490 e. The van der Waals surface area contributed by atoms with E-state index in [1.807, 2.05) is 25.1 Å². The van der Waals surface area contributed by atoms with Gasteiger partial charge in [-0.2, -0.15) is 0 Å². The van der Waals surface area contributed by atoms with Crippen molar-refractivity contribution in [1.29, 1.82) is 0 Å². The number of rotatable bonds is 7. The normalized spacial score (nSPS) is 17.1. The molecule has 20 heavy (non-hydrogen) atoms. The van der Waals surface area contributed by atoms with Gasteiger partial charge >= 0.3 is 0 Å². The Hall–Kier alpha value is -0.580. The van der Waals surface area contributed by atoms with Gasteiger partial charge in [-0.3, -0.25) is 0 Å². The van der Waals surface area contributed by atoms with Gasteiger partial charge in [0.2, 0.25) is 0 Å². The summed E-state index contributed by atoms with van der Waals surface area (Å²) in [6.45, 7) is 7.30. The fourth-order valence-corrected chi connectivity index (χ4v) is 2.91. The van der Waals surface area contributed by atoms with Crippen molar-refractivity contribution in [3.63, 3.8) is 0 Å². The van der Waals surface area contributed by atoms with Gasteiger partial charge in [-0.25, -0.2) is 0 Å². The highest BCUT2D eigenvalue weighted by Gasteiger charge is 2.37. The first-order valence-corrected chi connectivity index (χ1v) is 8.00. The second-order valence-corrected chi connectivity index (χ2v) is 7.13. The lowest BCUT2D eigenvalue weighted by atomic mass is 9.98. The van der Waals surface area contributed by atoms with Crippen molar-refractivity contribution >= 4 is 15.9 Å². The van der Waals surface area contributed by atoms with Crippen molar-refractivity contribution in [2.24, 2.45) is 5.92 Å². The minimum absolute atomic E-state index is 0.116. The SMILES string of the molecule is Cc1ccc(OCC(O)CNC(C)(C)C2CC2)c(Br)c1. The first-order chi connectivity index (χ1) is 9.38. The quantitative estimate of drug-likeness (QED) is 0.799. The number of aryl methyl sites for hydroxylation is 1. The summed E-state index contributed by atoms with van der Waals surface area (Å²) in [5.41, 5.74) is 1.29. The molecule has 2 N–H and O–H groups in total. The molecule has 1 unspecified atom stereocenters. The number of aliphatic hydroxyl groups is 1. The van der Waals surface area contributed by atoms with Crippen molar-refractivity contribution < 1.29 is 9.84 Å². The van der Waals surface area contributed by atoms with Gasteiger partial charge in [0.1, 0.15) is 18.5 Å². The van der Waals surface area contributed by atoms with E-state index in [4.69, 9.17) is 4.74 Å². The van der Waals surface area contributed by atoms with E-state index in [2.05, 4.69) is 35.1 Å². The molecule has 0 radical (unpaired) electrons. The van der Waals surface area contributed by atoms with Gasteiger partial charge in [0.05, 0.1) is 4.47 Å². The lowest BCUT2D eigenvalue weighted by molar-refractivity contribution is 0.0967. The molecule has 4 heteroatoms. The number of hydrogen-bond acceptors (Lipinski definition) is 3. The molecule has 1 aliphatic rings. The van der Waals surface area contributed by atoms with Crippen LogP contribution in [0.25, 0.3) is 0 Å². The van der Waals surface area contributed by atoms with E-state index in [1.54, 1.807) is 0 Å². The minimum atomic E-state index is -0.499. The van der Waals surface area contributed by atoms with Crippen molar-refractivity contribution in [1.82, 2.24) is 5.32 Å². The zero-order valence-electron chi connectivity index (χ0n) is 12.4. The molecule has 0 heterocycles. The van der Waals surface area contributed by atoms with Crippen LogP contribution in [0.1, 0.15) is 32.3 Å². The van der Waals surface area contributed by atoms with E-state index >= 15 is 0 Å². The van der Waals surface area contributed by atoms with E-state index in [9.17, 15) is 5.11 Å². The molecular formula is C16H24BrNO2. The third-order valence-electron chi connectivity index (χ3n) is 3.91. The standard InChI is InChI=1S/C16H24BrNO2/c1-11-4-7-15(14(17)8-11)20-10-13(19)9-18-16(2,3)12-5-6-12/h4,7-8,12-13,18-19H,5-6,9-10H2,1-3H3. The van der Waals surface area contributed by atoms with Gasteiger partial charge < -0.3 is 15.2 Å². The zero-order valence-corrected chi connectivity index (χ0v) is 14.0. The smallest absolute Gasteiger partial charge is 0.133 e. The van der Waals surface area contributed by atoms with E-state index in [0.29, 0.717) is 13.2 Å². The molecule has 112 valence electrons. The number of aliphatic hydroxyl groups excluding tert-OH is 1. The maximum Gasteiger partial charge on any atom is 0.133 e. The van der Waals surface area contributed by atoms with Crippen molar-refractivity contribution in [2.45, 2.75) is 45.3 Å². The van der Waals surface area contributed by atoms with E-state index in [-0.39, 0.29) is 5.54 Å². The fourth-order valence-electron chi connectivity index (χ4n) is 2.30. The fraction of sp³-hybridized carbons (Fsp3) is 0.625. The Morgan fingerprint density at radius 2 is 2.15 bits per heavy atom. The number of nitrogens with one attached hydrogen (secondary N) is 1. The molecular weight excluding hydrogens is 318 g/mol. The third-order valence-corrected chi connectivity index (χ3v) is 4.53. The highest BCUT2D eigenvalue weighted by Crippen LogP contribution is 2.39. The van der Waals surface area contributed by atoms with Crippen LogP contribution < -0.4 is 10.1 Å². The van der Waals surface area contributed by atoms with Crippen molar-refractivity contribution in [3.05, 3.63) is 28.2 Å². The number of hydrogen-bond donors (Lipinski definition) is 2. The summed E-state index contributed by atoms with van der Waals surface area (Å²) >= 11 is 3.47. The van der Waals surface area contributed by atoms with Crippen LogP contribution in [0.5, 0.6) is 5.75 Å². The molecule has 1 atom stereocenters. The van der Waals surface area contributed by atoms with Gasteiger partial charge in [-0.05, 0) is 73.2 Å². The molecule has 3 nitrogen and oxygen atoms in total. The number of benzene rings is 1. The van der Waals surface area contributed by atoms with Crippen LogP contribution in [0.2, 0.25) is 0 Å². The van der Waals surface area contributed by atoms with Gasteiger partial charge in [0.15, 0.2) is 0 Å². The molecule has 1 fully saturated rings. The van der Waals surface area contributed by atoms with Crippen LogP contribution in [0.3, 0.4) is 0 Å². The van der Waals surface area contributed by atoms with Crippen molar-refractivity contribution in [3.8, 4) is 5.75 Å². The molecule has 1 saturated carbocycles. The van der Waals surface area contributed by atoms with Crippen LogP contribution in [0, 0.1) is 12.8 Å². The highest BCUT2D eigenvalue weighted by molar-refractivity contribution is 9.10. The topological polar surface area (TPSA) is 41.5 Å². The van der Waals surface area contributed by atoms with Crippen LogP contribution in [0.4, 0.5) is 0 Å². The molecule has 0 aliphatic heterocycles. The van der Waals surface area contributed by atoms with E-state index < -0.39 is 6.10 Å². The lowest BCUT2D eigenvalue weighted by Gasteiger charge is -2.27. The van der Waals surface area contributed by atoms with Gasteiger partial charge in [0, 0.05) is 12.1 Å². The summed E-state index contributed by atoms with van der Waals surface area (Å²) in [6, 6.07) is 5.94. The summed E-state index contributed by atoms with van der Waals surface area (Å²) in [5, 5.41) is 13.5. The summed E-state index contributed by atoms with van der Waals surface area (Å²) in [4.78, 5) is 0. The monoisotopic (exact) mass is 341 g/mol. The van der Waals surface area contributed by atoms with E-state index in [1.165, 1.54) is 18.4 Å². The van der Waals surface area contributed by atoms with Gasteiger partial charge in [-0.1, -0.05) is 6.07 Å². The average Bonchev–Trinajstić information content (AvgIpc) is 3.20. The van der Waals surface area contributed by atoms with Gasteiger partial charge in [-0.15, -0.1) is 0 Å². The molecule has 1 aromatic rings. The predicted octanol–water partition coefficient (Wildman–Crippen LogP) is 3.28. The Morgan fingerprint density at radius 3 is 2.75 bits per heavy atom. The third kappa shape index (κ3) is 4.47. The number of halogens is 1. The summed E-state index contributed by atoms with van der Waals surface area (Å²) in [7, 11) is 0. The summed E-state index contributed by atoms with van der Waals surface area (Å²) in [5.74, 6) is 1.53. The van der Waals surface area contributed by atoms with Gasteiger partial charge in [0.25, 0.3) is 0 Å². The first-order valence-electron chi connectivity index (χ1n) is 7.20. The van der Waals surface area contributed by atoms with Crippen LogP contribution in [-0.2, 0) is 0 Å². The zero-order chi connectivity index (χ0) is 14.8. The molecule has 2 rings (SSSR count). The average molecular weight is 342 g/mol. The molecule has 1 aliphatic carbocycles. The number of ether oxygens (including phenoxy) is 1. The Bertz CT molecular complexity index is 458. The summed E-state index contributed by atoms with van der Waals surface area (Å²) in [6.07, 6.45) is 2.09. The van der Waals surface area contributed by atoms with Crippen molar-refractivity contribution in [2.75, 3.05) is 13.2 Å². The largest absolute Gasteiger partial charge is 0.490 e. The predicted molar refractivity (Wildman–Crippen MR) is 85.2 cm³/mol. The maximum atomic E-state index is 10.0. The molecule has 1 aromatic carbocycles. The molecule has 0 saturated heterocycles. The maximum absolute atomic E-state index is 10.0. The highest BCUT2D eigenvalue weighted by atomic mass is 79.9. The second-order valence-electron chi connectivity index (χ2n) is 6.28. The molecule has 0 bridgehead atoms. The molecule has 0 aromatic heterocycles. The van der Waals surface area contributed by atoms with Crippen LogP contribution in [-0.4, -0.2) is 29.9 Å². The first kappa shape index (κ1) is 15.8. The van der Waals surface area contributed by atoms with E-state index in [0.717, 1.165) is 16.1 Å². The van der Waals surface area contributed by atoms with Crippen LogP contribution in [0.15, 0.2) is 22.7 Å². The number of β-amino-alcohol motifs (C(OH)–C–C–N with tert-alkyl or cyclic N) is 1. The lowest BCUT2D eigenvalue weighted by Crippen LogP contribution is -2.46. The Morgan fingerprint density at radius 1 is 1.45 bits per heavy atom. The van der Waals surface area contributed by atoms with Crippen LogP contribution >= 0.6 is 15.9 Å². The summed E-state index contributed by atoms with van der Waals surface area (Å²) < 4.78 is 6.58.